The standard InChI is InChI=1S/C16H28N2O2/c1-18(11-12-4-5-12)10-8-13-3-2-9-16(13,15(19)20)17-14-6-7-14/h12-14,17H,2-11H2,1H3,(H,19,20). The van der Waals surface area contributed by atoms with Crippen LogP contribution in [0.1, 0.15) is 51.4 Å². The maximum absolute atomic E-state index is 11.9. The molecule has 20 heavy (non-hydrogen) atoms. The van der Waals surface area contributed by atoms with Gasteiger partial charge < -0.3 is 10.0 Å². The van der Waals surface area contributed by atoms with Crippen molar-refractivity contribution in [3.63, 3.8) is 0 Å². The van der Waals surface area contributed by atoms with Crippen LogP contribution < -0.4 is 5.32 Å². The van der Waals surface area contributed by atoms with Gasteiger partial charge in [0.1, 0.15) is 5.54 Å². The Morgan fingerprint density at radius 2 is 2.05 bits per heavy atom. The number of carboxylic acids is 1. The van der Waals surface area contributed by atoms with Crippen LogP contribution in [0.3, 0.4) is 0 Å². The van der Waals surface area contributed by atoms with E-state index in [9.17, 15) is 9.90 Å². The third-order valence-corrected chi connectivity index (χ3v) is 5.37. The Bertz CT molecular complexity index is 365. The average Bonchev–Trinajstić information content (AvgIpc) is 3.29. The molecule has 0 aromatic carbocycles. The maximum Gasteiger partial charge on any atom is 0.324 e. The number of carbonyl (C=O) groups is 1. The quantitative estimate of drug-likeness (QED) is 0.715. The molecule has 0 heterocycles. The number of nitrogens with zero attached hydrogens (tertiary/aromatic N) is 1. The second-order valence-electron chi connectivity index (χ2n) is 7.28. The molecular formula is C16H28N2O2. The van der Waals surface area contributed by atoms with Crippen LogP contribution in [0, 0.1) is 11.8 Å². The molecule has 3 aliphatic carbocycles. The zero-order chi connectivity index (χ0) is 14.2. The first-order valence-corrected chi connectivity index (χ1v) is 8.30. The zero-order valence-electron chi connectivity index (χ0n) is 12.6. The molecule has 2 unspecified atom stereocenters. The minimum Gasteiger partial charge on any atom is -0.480 e. The van der Waals surface area contributed by atoms with Crippen LogP contribution >= 0.6 is 0 Å². The smallest absolute Gasteiger partial charge is 0.324 e. The Balaban J connectivity index is 1.55. The van der Waals surface area contributed by atoms with E-state index in [-0.39, 0.29) is 0 Å². The summed E-state index contributed by atoms with van der Waals surface area (Å²) in [5.41, 5.74) is -0.623. The second kappa shape index (κ2) is 5.64. The molecule has 3 aliphatic rings. The summed E-state index contributed by atoms with van der Waals surface area (Å²) in [5, 5.41) is 13.2. The predicted octanol–water partition coefficient (Wildman–Crippen LogP) is 2.09. The lowest BCUT2D eigenvalue weighted by molar-refractivity contribution is -0.147. The van der Waals surface area contributed by atoms with E-state index >= 15 is 0 Å². The van der Waals surface area contributed by atoms with Gasteiger partial charge >= 0.3 is 5.97 Å². The van der Waals surface area contributed by atoms with Crippen molar-refractivity contribution >= 4 is 5.97 Å². The molecule has 3 saturated carbocycles. The molecule has 0 radical (unpaired) electrons. The third kappa shape index (κ3) is 3.17. The molecule has 2 N–H and O–H groups in total. The van der Waals surface area contributed by atoms with Crippen LogP contribution in [0.5, 0.6) is 0 Å². The van der Waals surface area contributed by atoms with Gasteiger partial charge in [0.2, 0.25) is 0 Å². The van der Waals surface area contributed by atoms with Crippen molar-refractivity contribution in [2.75, 3.05) is 20.1 Å². The van der Waals surface area contributed by atoms with Crippen LogP contribution in [0.2, 0.25) is 0 Å². The van der Waals surface area contributed by atoms with Crippen molar-refractivity contribution in [3.05, 3.63) is 0 Å². The Morgan fingerprint density at radius 1 is 1.30 bits per heavy atom. The molecule has 114 valence electrons. The first kappa shape index (κ1) is 14.3. The van der Waals surface area contributed by atoms with Gasteiger partial charge in [0, 0.05) is 12.6 Å². The van der Waals surface area contributed by atoms with Gasteiger partial charge in [-0.25, -0.2) is 0 Å². The lowest BCUT2D eigenvalue weighted by Crippen LogP contribution is -2.56. The molecule has 0 aromatic heterocycles. The summed E-state index contributed by atoms with van der Waals surface area (Å²) in [6.07, 6.45) is 9.05. The van der Waals surface area contributed by atoms with Crippen molar-refractivity contribution < 1.29 is 9.90 Å². The molecule has 0 amide bonds. The number of nitrogens with one attached hydrogen (secondary N) is 1. The van der Waals surface area contributed by atoms with Gasteiger partial charge in [0.05, 0.1) is 0 Å². The van der Waals surface area contributed by atoms with Gasteiger partial charge in [-0.05, 0) is 70.4 Å². The Kier molecular flexibility index (Phi) is 4.04. The fraction of sp³-hybridized carbons (Fsp3) is 0.938. The molecule has 4 nitrogen and oxygen atoms in total. The van der Waals surface area contributed by atoms with Gasteiger partial charge in [-0.2, -0.15) is 0 Å². The van der Waals surface area contributed by atoms with Crippen molar-refractivity contribution in [2.24, 2.45) is 11.8 Å². The van der Waals surface area contributed by atoms with E-state index in [4.69, 9.17) is 0 Å². The normalized spacial score (nSPS) is 33.8. The number of hydrogen-bond acceptors (Lipinski definition) is 3. The van der Waals surface area contributed by atoms with Crippen LogP contribution in [0.25, 0.3) is 0 Å². The SMILES string of the molecule is CN(CCC1CCCC1(NC1CC1)C(=O)O)CC1CC1. The molecule has 4 heteroatoms. The molecule has 0 aromatic rings. The molecule has 0 spiro atoms. The average molecular weight is 280 g/mol. The highest BCUT2D eigenvalue weighted by Crippen LogP contribution is 2.41. The highest BCUT2D eigenvalue weighted by molar-refractivity contribution is 5.80. The van der Waals surface area contributed by atoms with E-state index in [0.717, 1.165) is 51.0 Å². The predicted molar refractivity (Wildman–Crippen MR) is 78.7 cm³/mol. The first-order valence-electron chi connectivity index (χ1n) is 8.30. The summed E-state index contributed by atoms with van der Waals surface area (Å²) < 4.78 is 0. The van der Waals surface area contributed by atoms with E-state index in [0.29, 0.717) is 12.0 Å². The number of carboxylic acid groups (broad SMARTS) is 1. The first-order chi connectivity index (χ1) is 9.60. The van der Waals surface area contributed by atoms with Gasteiger partial charge in [-0.3, -0.25) is 10.1 Å². The molecule has 0 aliphatic heterocycles. The summed E-state index contributed by atoms with van der Waals surface area (Å²) >= 11 is 0. The van der Waals surface area contributed by atoms with Crippen molar-refractivity contribution in [2.45, 2.75) is 62.9 Å². The molecule has 0 saturated heterocycles. The number of aliphatic carboxylic acids is 1. The van der Waals surface area contributed by atoms with Gasteiger partial charge in [-0.15, -0.1) is 0 Å². The minimum atomic E-state index is -0.623. The molecule has 3 fully saturated rings. The summed E-state index contributed by atoms with van der Waals surface area (Å²) in [6, 6.07) is 0.468. The topological polar surface area (TPSA) is 52.6 Å². The van der Waals surface area contributed by atoms with Crippen molar-refractivity contribution in [3.8, 4) is 0 Å². The van der Waals surface area contributed by atoms with E-state index in [1.807, 2.05) is 0 Å². The number of hydrogen-bond donors (Lipinski definition) is 2. The Morgan fingerprint density at radius 3 is 2.65 bits per heavy atom. The highest BCUT2D eigenvalue weighted by atomic mass is 16.4. The fourth-order valence-corrected chi connectivity index (χ4v) is 3.80. The summed E-state index contributed by atoms with van der Waals surface area (Å²) in [7, 11) is 2.18. The molecular weight excluding hydrogens is 252 g/mol. The Hall–Kier alpha value is -0.610. The minimum absolute atomic E-state index is 0.308. The monoisotopic (exact) mass is 280 g/mol. The van der Waals surface area contributed by atoms with Gasteiger partial charge in [0.15, 0.2) is 0 Å². The van der Waals surface area contributed by atoms with Crippen LogP contribution in [-0.4, -0.2) is 47.7 Å². The highest BCUT2D eigenvalue weighted by Gasteiger charge is 2.51. The largest absolute Gasteiger partial charge is 0.480 e. The fourth-order valence-electron chi connectivity index (χ4n) is 3.80. The lowest BCUT2D eigenvalue weighted by atomic mass is 9.84. The van der Waals surface area contributed by atoms with Gasteiger partial charge in [0.25, 0.3) is 0 Å². The summed E-state index contributed by atoms with van der Waals surface area (Å²) in [6.45, 7) is 2.24. The second-order valence-corrected chi connectivity index (χ2v) is 7.28. The zero-order valence-corrected chi connectivity index (χ0v) is 12.6. The van der Waals surface area contributed by atoms with E-state index in [2.05, 4.69) is 17.3 Å². The Labute approximate surface area is 121 Å². The molecule has 2 atom stereocenters. The van der Waals surface area contributed by atoms with Crippen LogP contribution in [0.4, 0.5) is 0 Å². The van der Waals surface area contributed by atoms with E-state index in [1.165, 1.54) is 19.4 Å². The molecule has 3 rings (SSSR count). The summed E-state index contributed by atoms with van der Waals surface area (Å²) in [5.74, 6) is 0.608. The third-order valence-electron chi connectivity index (χ3n) is 5.37. The number of rotatable bonds is 8. The van der Waals surface area contributed by atoms with E-state index < -0.39 is 11.5 Å². The maximum atomic E-state index is 11.9. The molecule has 0 bridgehead atoms. The summed E-state index contributed by atoms with van der Waals surface area (Å²) in [4.78, 5) is 14.3. The van der Waals surface area contributed by atoms with Crippen molar-refractivity contribution in [1.82, 2.24) is 10.2 Å². The van der Waals surface area contributed by atoms with Crippen molar-refractivity contribution in [1.29, 1.82) is 0 Å². The van der Waals surface area contributed by atoms with Crippen LogP contribution in [0.15, 0.2) is 0 Å². The van der Waals surface area contributed by atoms with Crippen LogP contribution in [-0.2, 0) is 4.79 Å². The van der Waals surface area contributed by atoms with E-state index in [1.54, 1.807) is 0 Å². The van der Waals surface area contributed by atoms with Gasteiger partial charge in [-0.1, -0.05) is 6.42 Å². The lowest BCUT2D eigenvalue weighted by Gasteiger charge is -2.33.